The first kappa shape index (κ1) is 24.0. The summed E-state index contributed by atoms with van der Waals surface area (Å²) in [5.41, 5.74) is 1.77. The molecule has 0 saturated heterocycles. The van der Waals surface area contributed by atoms with E-state index in [2.05, 4.69) is 5.32 Å². The van der Waals surface area contributed by atoms with E-state index in [0.717, 1.165) is 21.2 Å². The number of fused-ring (bicyclic) bond motifs is 1. The fourth-order valence-electron chi connectivity index (χ4n) is 3.50. The lowest BCUT2D eigenvalue weighted by Gasteiger charge is -2.22. The van der Waals surface area contributed by atoms with Gasteiger partial charge in [-0.3, -0.25) is 14.9 Å². The van der Waals surface area contributed by atoms with Crippen LogP contribution < -0.4 is 10.1 Å². The van der Waals surface area contributed by atoms with Crippen molar-refractivity contribution in [3.05, 3.63) is 64.0 Å². The first-order valence-electron chi connectivity index (χ1n) is 10.3. The molecule has 1 unspecified atom stereocenters. The first-order chi connectivity index (χ1) is 15.2. The van der Waals surface area contributed by atoms with Gasteiger partial charge in [-0.25, -0.2) is 0 Å². The zero-order valence-electron chi connectivity index (χ0n) is 17.9. The van der Waals surface area contributed by atoms with E-state index in [1.54, 1.807) is 23.5 Å². The van der Waals surface area contributed by atoms with E-state index in [1.807, 2.05) is 49.6 Å². The maximum absolute atomic E-state index is 11.8. The van der Waals surface area contributed by atoms with Gasteiger partial charge in [0.05, 0.1) is 0 Å². The molecule has 1 heterocycles. The highest BCUT2D eigenvalue weighted by molar-refractivity contribution is 7.17. The third-order valence-corrected chi connectivity index (χ3v) is 6.30. The smallest absolute Gasteiger partial charge is 0.321 e. The predicted molar refractivity (Wildman–Crippen MR) is 127 cm³/mol. The number of thiophene rings is 1. The zero-order chi connectivity index (χ0) is 23.3. The number of benzene rings is 2. The Morgan fingerprint density at radius 3 is 2.53 bits per heavy atom. The van der Waals surface area contributed by atoms with Gasteiger partial charge in [-0.1, -0.05) is 37.6 Å². The minimum Gasteiger partial charge on any atom is -0.489 e. The maximum Gasteiger partial charge on any atom is 0.321 e. The van der Waals surface area contributed by atoms with Crippen LogP contribution in [-0.4, -0.2) is 34.2 Å². The van der Waals surface area contributed by atoms with Gasteiger partial charge in [-0.2, -0.15) is 0 Å². The van der Waals surface area contributed by atoms with E-state index < -0.39 is 24.0 Å². The Bertz CT molecular complexity index is 1100. The molecule has 0 saturated carbocycles. The fraction of sp³-hybridized carbons (Fsp3) is 0.333. The lowest BCUT2D eigenvalue weighted by Crippen LogP contribution is -2.48. The Hall–Kier alpha value is -2.61. The van der Waals surface area contributed by atoms with Crippen LogP contribution in [0.3, 0.4) is 0 Å². The lowest BCUT2D eigenvalue weighted by atomic mass is 10.0. The van der Waals surface area contributed by atoms with Crippen molar-refractivity contribution in [3.8, 4) is 5.75 Å². The predicted octanol–water partition coefficient (Wildman–Crippen LogP) is 5.22. The number of carboxylic acids is 2. The molecule has 0 amide bonds. The molecule has 6 nitrogen and oxygen atoms in total. The third kappa shape index (κ3) is 6.45. The summed E-state index contributed by atoms with van der Waals surface area (Å²) in [5.74, 6) is -1.40. The van der Waals surface area contributed by atoms with E-state index in [1.165, 1.54) is 0 Å². The van der Waals surface area contributed by atoms with Gasteiger partial charge in [0, 0.05) is 20.7 Å². The molecule has 0 aliphatic heterocycles. The first-order valence-corrected chi connectivity index (χ1v) is 11.6. The normalized spacial score (nSPS) is 13.2. The molecule has 2 atom stereocenters. The Morgan fingerprint density at radius 2 is 1.84 bits per heavy atom. The Balaban J connectivity index is 1.69. The van der Waals surface area contributed by atoms with E-state index in [9.17, 15) is 19.8 Å². The number of hydrogen-bond donors (Lipinski definition) is 3. The van der Waals surface area contributed by atoms with Crippen molar-refractivity contribution in [2.45, 2.75) is 45.4 Å². The topological polar surface area (TPSA) is 95.9 Å². The van der Waals surface area contributed by atoms with Crippen LogP contribution in [0.4, 0.5) is 0 Å². The lowest BCUT2D eigenvalue weighted by molar-refractivity contribution is -0.142. The Kier molecular flexibility index (Phi) is 8.12. The highest BCUT2D eigenvalue weighted by Crippen LogP contribution is 2.29. The molecule has 0 radical (unpaired) electrons. The second kappa shape index (κ2) is 10.8. The van der Waals surface area contributed by atoms with Crippen LogP contribution in [0.1, 0.15) is 31.4 Å². The van der Waals surface area contributed by atoms with Crippen LogP contribution in [0.15, 0.2) is 47.8 Å². The minimum atomic E-state index is -1.09. The summed E-state index contributed by atoms with van der Waals surface area (Å²) in [6.07, 6.45) is 0.492. The van der Waals surface area contributed by atoms with Gasteiger partial charge >= 0.3 is 11.9 Å². The van der Waals surface area contributed by atoms with Crippen molar-refractivity contribution >= 4 is 45.0 Å². The van der Waals surface area contributed by atoms with Gasteiger partial charge in [0.1, 0.15) is 24.4 Å². The largest absolute Gasteiger partial charge is 0.489 e. The second-order valence-electron chi connectivity index (χ2n) is 8.12. The van der Waals surface area contributed by atoms with Crippen molar-refractivity contribution in [3.63, 3.8) is 0 Å². The molecule has 170 valence electrons. The highest BCUT2D eigenvalue weighted by atomic mass is 35.5. The molecule has 2 aromatic carbocycles. The average molecular weight is 476 g/mol. The van der Waals surface area contributed by atoms with Gasteiger partial charge < -0.3 is 14.9 Å². The van der Waals surface area contributed by atoms with Gasteiger partial charge in [0.25, 0.3) is 0 Å². The molecule has 0 fully saturated rings. The van der Waals surface area contributed by atoms with Crippen molar-refractivity contribution in [2.24, 2.45) is 5.92 Å². The molecule has 32 heavy (non-hydrogen) atoms. The van der Waals surface area contributed by atoms with Crippen LogP contribution in [0.25, 0.3) is 10.1 Å². The summed E-state index contributed by atoms with van der Waals surface area (Å²) in [6, 6.07) is 11.0. The number of aliphatic carboxylic acids is 2. The summed E-state index contributed by atoms with van der Waals surface area (Å²) < 4.78 is 7.09. The van der Waals surface area contributed by atoms with E-state index in [-0.39, 0.29) is 12.3 Å². The molecule has 3 aromatic rings. The third-order valence-electron chi connectivity index (χ3n) is 5.05. The van der Waals surface area contributed by atoms with Gasteiger partial charge in [0.2, 0.25) is 0 Å². The number of carbonyl (C=O) groups is 2. The average Bonchev–Trinajstić information content (AvgIpc) is 3.13. The number of halogens is 1. The summed E-state index contributed by atoms with van der Waals surface area (Å²) >= 11 is 7.74. The van der Waals surface area contributed by atoms with Gasteiger partial charge in [0.15, 0.2) is 0 Å². The fourth-order valence-corrected chi connectivity index (χ4v) is 4.60. The monoisotopic (exact) mass is 475 g/mol. The SMILES string of the molecule is CC(C)CC(N[C@@H](Cc1cccc(OCc2csc3ccc(Cl)cc23)c1)C(=O)O)C(=O)O. The Labute approximate surface area is 195 Å². The van der Waals surface area contributed by atoms with Gasteiger partial charge in [-0.05, 0) is 60.0 Å². The van der Waals surface area contributed by atoms with E-state index in [0.29, 0.717) is 23.8 Å². The molecule has 0 aliphatic rings. The molecule has 0 bridgehead atoms. The van der Waals surface area contributed by atoms with E-state index in [4.69, 9.17) is 16.3 Å². The summed E-state index contributed by atoms with van der Waals surface area (Å²) in [5, 5.41) is 25.6. The van der Waals surface area contributed by atoms with Gasteiger partial charge in [-0.15, -0.1) is 11.3 Å². The Morgan fingerprint density at radius 1 is 1.09 bits per heavy atom. The molecule has 0 spiro atoms. The summed E-state index contributed by atoms with van der Waals surface area (Å²) in [7, 11) is 0. The highest BCUT2D eigenvalue weighted by Gasteiger charge is 2.26. The molecule has 3 rings (SSSR count). The number of carboxylic acid groups (broad SMARTS) is 2. The minimum absolute atomic E-state index is 0.123. The zero-order valence-corrected chi connectivity index (χ0v) is 19.4. The van der Waals surface area contributed by atoms with Crippen molar-refractivity contribution in [1.82, 2.24) is 5.32 Å². The number of nitrogens with one attached hydrogen (secondary N) is 1. The number of hydrogen-bond acceptors (Lipinski definition) is 5. The molecule has 0 aliphatic carbocycles. The van der Waals surface area contributed by atoms with Crippen LogP contribution >= 0.6 is 22.9 Å². The molecule has 8 heteroatoms. The van der Waals surface area contributed by atoms with Crippen molar-refractivity contribution in [2.75, 3.05) is 0 Å². The van der Waals surface area contributed by atoms with E-state index >= 15 is 0 Å². The number of rotatable bonds is 11. The summed E-state index contributed by atoms with van der Waals surface area (Å²) in [6.45, 7) is 4.16. The van der Waals surface area contributed by atoms with Crippen LogP contribution in [0.2, 0.25) is 5.02 Å². The molecular formula is C24H26ClNO5S. The second-order valence-corrected chi connectivity index (χ2v) is 9.47. The van der Waals surface area contributed by atoms with Crippen LogP contribution in [0, 0.1) is 5.92 Å². The van der Waals surface area contributed by atoms with Crippen LogP contribution in [-0.2, 0) is 22.6 Å². The van der Waals surface area contributed by atoms with Crippen LogP contribution in [0.5, 0.6) is 5.75 Å². The maximum atomic E-state index is 11.8. The molecular weight excluding hydrogens is 450 g/mol. The standard InChI is InChI=1S/C24H26ClNO5S/c1-14(2)8-20(23(27)28)26-21(24(29)30)10-15-4-3-5-18(9-15)31-12-16-13-32-22-7-6-17(25)11-19(16)22/h3-7,9,11,13-14,20-21,26H,8,10,12H2,1-2H3,(H,27,28)(H,29,30)/t20?,21-/m0/s1. The summed E-state index contributed by atoms with van der Waals surface area (Å²) in [4.78, 5) is 23.3. The molecule has 3 N–H and O–H groups in total. The quantitative estimate of drug-likeness (QED) is 0.352. The number of ether oxygens (including phenoxy) is 1. The van der Waals surface area contributed by atoms with Crippen molar-refractivity contribution in [1.29, 1.82) is 0 Å². The molecule has 1 aromatic heterocycles. The van der Waals surface area contributed by atoms with Crippen molar-refractivity contribution < 1.29 is 24.5 Å².